The number of thiazole rings is 1. The summed E-state index contributed by atoms with van der Waals surface area (Å²) >= 11 is 1.45. The lowest BCUT2D eigenvalue weighted by Crippen LogP contribution is -2.15. The van der Waals surface area contributed by atoms with Gasteiger partial charge in [0.15, 0.2) is 16.5 Å². The number of anilines is 1. The molecule has 0 saturated heterocycles. The van der Waals surface area contributed by atoms with Gasteiger partial charge >= 0.3 is 0 Å². The molecule has 0 unspecified atom stereocenters. The predicted molar refractivity (Wildman–Crippen MR) is 105 cm³/mol. The van der Waals surface area contributed by atoms with Crippen LogP contribution < -0.4 is 10.1 Å². The summed E-state index contributed by atoms with van der Waals surface area (Å²) in [6.07, 6.45) is 1.78. The van der Waals surface area contributed by atoms with E-state index < -0.39 is 0 Å². The van der Waals surface area contributed by atoms with Gasteiger partial charge in [0.1, 0.15) is 5.75 Å². The van der Waals surface area contributed by atoms with Gasteiger partial charge in [-0.2, -0.15) is 0 Å². The third kappa shape index (κ3) is 4.24. The minimum Gasteiger partial charge on any atom is -0.462 e. The van der Waals surface area contributed by atoms with Crippen LogP contribution in [0.25, 0.3) is 10.8 Å². The Kier molecular flexibility index (Phi) is 4.98. The van der Waals surface area contributed by atoms with E-state index in [2.05, 4.69) is 10.3 Å². The summed E-state index contributed by atoms with van der Waals surface area (Å²) < 4.78 is 11.2. The van der Waals surface area contributed by atoms with Gasteiger partial charge in [0, 0.05) is 5.38 Å². The van der Waals surface area contributed by atoms with Gasteiger partial charge in [-0.3, -0.25) is 4.79 Å². The van der Waals surface area contributed by atoms with Crippen molar-refractivity contribution < 1.29 is 13.9 Å². The normalized spacial score (nSPS) is 10.5. The molecule has 4 rings (SSSR count). The second kappa shape index (κ2) is 7.88. The SMILES string of the molecule is O=C(Cc1csc(-c2ccco2)n1)Nc1ccccc1Oc1ccccc1. The number of rotatable bonds is 6. The van der Waals surface area contributed by atoms with Gasteiger partial charge in [0.25, 0.3) is 0 Å². The van der Waals surface area contributed by atoms with E-state index in [9.17, 15) is 4.79 Å². The van der Waals surface area contributed by atoms with Crippen molar-refractivity contribution in [1.82, 2.24) is 4.98 Å². The van der Waals surface area contributed by atoms with E-state index >= 15 is 0 Å². The molecule has 0 radical (unpaired) electrons. The van der Waals surface area contributed by atoms with Crippen molar-refractivity contribution in [1.29, 1.82) is 0 Å². The van der Waals surface area contributed by atoms with Crippen LogP contribution in [0.5, 0.6) is 11.5 Å². The van der Waals surface area contributed by atoms with Gasteiger partial charge in [-0.25, -0.2) is 4.98 Å². The van der Waals surface area contributed by atoms with E-state index in [1.165, 1.54) is 11.3 Å². The van der Waals surface area contributed by atoms with Gasteiger partial charge < -0.3 is 14.5 Å². The van der Waals surface area contributed by atoms with Crippen molar-refractivity contribution in [2.45, 2.75) is 6.42 Å². The van der Waals surface area contributed by atoms with Gasteiger partial charge in [-0.1, -0.05) is 30.3 Å². The second-order valence-electron chi connectivity index (χ2n) is 5.76. The first-order chi connectivity index (χ1) is 13.3. The summed E-state index contributed by atoms with van der Waals surface area (Å²) in [4.78, 5) is 16.9. The first-order valence-corrected chi connectivity index (χ1v) is 9.26. The lowest BCUT2D eigenvalue weighted by atomic mass is 10.2. The Hall–Kier alpha value is -3.38. The number of carbonyl (C=O) groups is 1. The van der Waals surface area contributed by atoms with Gasteiger partial charge in [0.05, 0.1) is 24.1 Å². The number of para-hydroxylation sites is 3. The zero-order valence-electron chi connectivity index (χ0n) is 14.3. The van der Waals surface area contributed by atoms with Crippen molar-refractivity contribution in [3.8, 4) is 22.3 Å². The van der Waals surface area contributed by atoms with Crippen LogP contribution in [-0.2, 0) is 11.2 Å². The predicted octanol–water partition coefficient (Wildman–Crippen LogP) is 5.38. The van der Waals surface area contributed by atoms with Crippen LogP contribution in [-0.4, -0.2) is 10.9 Å². The molecule has 4 aromatic rings. The fraction of sp³-hybridized carbons (Fsp3) is 0.0476. The van der Waals surface area contributed by atoms with E-state index in [1.54, 1.807) is 6.26 Å². The highest BCUT2D eigenvalue weighted by Crippen LogP contribution is 2.29. The Balaban J connectivity index is 1.44. The molecule has 1 N–H and O–H groups in total. The van der Waals surface area contributed by atoms with Crippen LogP contribution in [0.15, 0.2) is 82.8 Å². The summed E-state index contributed by atoms with van der Waals surface area (Å²) in [6, 6.07) is 20.5. The molecule has 0 aliphatic heterocycles. The Morgan fingerprint density at radius 3 is 2.67 bits per heavy atom. The molecule has 0 bridgehead atoms. The Morgan fingerprint density at radius 1 is 1.04 bits per heavy atom. The molecule has 134 valence electrons. The summed E-state index contributed by atoms with van der Waals surface area (Å²) in [5.41, 5.74) is 1.32. The number of benzene rings is 2. The van der Waals surface area contributed by atoms with Crippen molar-refractivity contribution in [3.05, 3.63) is 84.1 Å². The first-order valence-electron chi connectivity index (χ1n) is 8.38. The number of aromatic nitrogens is 1. The maximum absolute atomic E-state index is 12.5. The van der Waals surface area contributed by atoms with Crippen molar-refractivity contribution in [2.75, 3.05) is 5.32 Å². The zero-order chi connectivity index (χ0) is 18.5. The second-order valence-corrected chi connectivity index (χ2v) is 6.62. The van der Waals surface area contributed by atoms with E-state index in [0.717, 1.165) is 5.01 Å². The number of furan rings is 1. The smallest absolute Gasteiger partial charge is 0.230 e. The lowest BCUT2D eigenvalue weighted by Gasteiger charge is -2.11. The number of carbonyl (C=O) groups excluding carboxylic acids is 1. The van der Waals surface area contributed by atoms with E-state index in [4.69, 9.17) is 9.15 Å². The third-order valence-electron chi connectivity index (χ3n) is 3.76. The maximum atomic E-state index is 12.5. The van der Waals surface area contributed by atoms with E-state index in [-0.39, 0.29) is 12.3 Å². The molecule has 0 saturated carbocycles. The summed E-state index contributed by atoms with van der Waals surface area (Å²) in [5, 5.41) is 5.53. The minimum absolute atomic E-state index is 0.157. The van der Waals surface area contributed by atoms with Crippen LogP contribution in [0.2, 0.25) is 0 Å². The number of amides is 1. The summed E-state index contributed by atoms with van der Waals surface area (Å²) in [5.74, 6) is 1.84. The van der Waals surface area contributed by atoms with Crippen LogP contribution in [0.1, 0.15) is 5.69 Å². The molecular weight excluding hydrogens is 360 g/mol. The fourth-order valence-corrected chi connectivity index (χ4v) is 3.32. The number of nitrogens with one attached hydrogen (secondary N) is 1. The molecule has 0 aliphatic rings. The Bertz CT molecular complexity index is 1030. The van der Waals surface area contributed by atoms with Crippen LogP contribution in [0.4, 0.5) is 5.69 Å². The van der Waals surface area contributed by atoms with Crippen molar-refractivity contribution >= 4 is 22.9 Å². The molecule has 2 heterocycles. The quantitative estimate of drug-likeness (QED) is 0.491. The number of hydrogen-bond donors (Lipinski definition) is 1. The molecule has 0 aliphatic carbocycles. The van der Waals surface area contributed by atoms with Gasteiger partial charge in [-0.15, -0.1) is 11.3 Å². The number of hydrogen-bond acceptors (Lipinski definition) is 5. The van der Waals surface area contributed by atoms with Crippen LogP contribution >= 0.6 is 11.3 Å². The van der Waals surface area contributed by atoms with Crippen molar-refractivity contribution in [3.63, 3.8) is 0 Å². The molecule has 2 aromatic carbocycles. The van der Waals surface area contributed by atoms with Crippen LogP contribution in [0.3, 0.4) is 0 Å². The number of nitrogens with zero attached hydrogens (tertiary/aromatic N) is 1. The molecule has 0 atom stereocenters. The molecule has 2 aromatic heterocycles. The fourth-order valence-electron chi connectivity index (χ4n) is 2.53. The molecule has 1 amide bonds. The third-order valence-corrected chi connectivity index (χ3v) is 4.66. The lowest BCUT2D eigenvalue weighted by molar-refractivity contribution is -0.115. The molecule has 5 nitrogen and oxygen atoms in total. The highest BCUT2D eigenvalue weighted by molar-refractivity contribution is 7.13. The van der Waals surface area contributed by atoms with E-state index in [1.807, 2.05) is 72.1 Å². The van der Waals surface area contributed by atoms with Crippen LogP contribution in [0, 0.1) is 0 Å². The minimum atomic E-state index is -0.157. The molecule has 27 heavy (non-hydrogen) atoms. The topological polar surface area (TPSA) is 64.4 Å². The van der Waals surface area contributed by atoms with Gasteiger partial charge in [0.2, 0.25) is 5.91 Å². The van der Waals surface area contributed by atoms with Crippen molar-refractivity contribution in [2.24, 2.45) is 0 Å². The Morgan fingerprint density at radius 2 is 1.85 bits per heavy atom. The highest BCUT2D eigenvalue weighted by Gasteiger charge is 2.13. The number of ether oxygens (including phenoxy) is 1. The molecule has 0 fully saturated rings. The standard InChI is InChI=1S/C21H16N2O3S/c24-20(13-15-14-27-21(22-15)19-11-6-12-25-19)23-17-9-4-5-10-18(17)26-16-7-2-1-3-8-16/h1-12,14H,13H2,(H,23,24). The molecule has 0 spiro atoms. The average Bonchev–Trinajstić information content (AvgIpc) is 3.36. The highest BCUT2D eigenvalue weighted by atomic mass is 32.1. The molecular formula is C21H16N2O3S. The zero-order valence-corrected chi connectivity index (χ0v) is 15.1. The monoisotopic (exact) mass is 376 g/mol. The van der Waals surface area contributed by atoms with E-state index in [0.29, 0.717) is 28.6 Å². The maximum Gasteiger partial charge on any atom is 0.230 e. The largest absolute Gasteiger partial charge is 0.462 e. The first kappa shape index (κ1) is 17.1. The Labute approximate surface area is 160 Å². The average molecular weight is 376 g/mol. The summed E-state index contributed by atoms with van der Waals surface area (Å²) in [7, 11) is 0. The molecule has 6 heteroatoms. The van der Waals surface area contributed by atoms with Gasteiger partial charge in [-0.05, 0) is 36.4 Å². The summed E-state index contributed by atoms with van der Waals surface area (Å²) in [6.45, 7) is 0.